The zero-order valence-electron chi connectivity index (χ0n) is 16.4. The molecule has 1 unspecified atom stereocenters. The summed E-state index contributed by atoms with van der Waals surface area (Å²) in [5.41, 5.74) is 0.871. The minimum Gasteiger partial charge on any atom is -0.496 e. The van der Waals surface area contributed by atoms with E-state index in [2.05, 4.69) is 10.6 Å². The van der Waals surface area contributed by atoms with Gasteiger partial charge in [-0.2, -0.15) is 0 Å². The maximum absolute atomic E-state index is 12.8. The molecular weight excluding hydrogens is 356 g/mol. The van der Waals surface area contributed by atoms with Crippen molar-refractivity contribution < 1.29 is 19.4 Å². The van der Waals surface area contributed by atoms with Gasteiger partial charge in [-0.05, 0) is 30.5 Å². The number of aliphatic hydroxyl groups is 1. The van der Waals surface area contributed by atoms with Gasteiger partial charge in [-0.25, -0.2) is 0 Å². The molecule has 0 aliphatic rings. The fourth-order valence-electron chi connectivity index (χ4n) is 3.35. The van der Waals surface area contributed by atoms with Gasteiger partial charge in [0.15, 0.2) is 0 Å². The van der Waals surface area contributed by atoms with E-state index in [-0.39, 0.29) is 18.4 Å². The molecule has 0 saturated heterocycles. The molecule has 0 heterocycles. The first-order chi connectivity index (χ1) is 13.6. The van der Waals surface area contributed by atoms with Crippen molar-refractivity contribution in [2.45, 2.75) is 24.7 Å². The molecule has 6 nitrogen and oxygen atoms in total. The molecule has 0 saturated carbocycles. The number of para-hydroxylation sites is 1. The van der Waals surface area contributed by atoms with Gasteiger partial charge in [-0.15, -0.1) is 0 Å². The Bertz CT molecular complexity index is 779. The second-order valence-corrected chi connectivity index (χ2v) is 6.68. The molecule has 2 aromatic rings. The summed E-state index contributed by atoms with van der Waals surface area (Å²) < 4.78 is 5.27. The summed E-state index contributed by atoms with van der Waals surface area (Å²) in [4.78, 5) is 24.6. The average molecular weight is 384 g/mol. The number of hydrogen-bond acceptors (Lipinski definition) is 4. The highest BCUT2D eigenvalue weighted by molar-refractivity contribution is 5.97. The van der Waals surface area contributed by atoms with Gasteiger partial charge in [0.05, 0.1) is 12.7 Å². The second-order valence-electron chi connectivity index (χ2n) is 6.68. The summed E-state index contributed by atoms with van der Waals surface area (Å²) in [6, 6.07) is 16.7. The van der Waals surface area contributed by atoms with Crippen molar-refractivity contribution in [1.29, 1.82) is 0 Å². The van der Waals surface area contributed by atoms with Crippen LogP contribution in [0, 0.1) is 0 Å². The van der Waals surface area contributed by atoms with Crippen molar-refractivity contribution in [3.8, 4) is 5.75 Å². The molecule has 0 spiro atoms. The third kappa shape index (κ3) is 5.33. The van der Waals surface area contributed by atoms with Gasteiger partial charge in [0.25, 0.3) is 5.91 Å². The van der Waals surface area contributed by atoms with E-state index in [0.717, 1.165) is 5.56 Å². The van der Waals surface area contributed by atoms with Crippen LogP contribution in [0.15, 0.2) is 54.6 Å². The second kappa shape index (κ2) is 10.5. The lowest BCUT2D eigenvalue weighted by Gasteiger charge is -2.34. The largest absolute Gasteiger partial charge is 0.496 e. The number of aliphatic hydroxyl groups excluding tert-OH is 1. The number of hydrogen-bond donors (Lipinski definition) is 3. The fourth-order valence-corrected chi connectivity index (χ4v) is 3.35. The first-order valence-corrected chi connectivity index (χ1v) is 9.34. The number of methoxy groups -OCH3 is 1. The molecule has 28 heavy (non-hydrogen) atoms. The zero-order chi connectivity index (χ0) is 20.4. The van der Waals surface area contributed by atoms with E-state index in [4.69, 9.17) is 4.74 Å². The molecule has 0 aromatic heterocycles. The smallest absolute Gasteiger partial charge is 0.255 e. The van der Waals surface area contributed by atoms with E-state index in [1.54, 1.807) is 31.3 Å². The molecule has 2 aromatic carbocycles. The highest BCUT2D eigenvalue weighted by Gasteiger charge is 2.33. The van der Waals surface area contributed by atoms with Crippen LogP contribution in [-0.2, 0) is 10.2 Å². The van der Waals surface area contributed by atoms with Crippen LogP contribution in [0.2, 0.25) is 0 Å². The summed E-state index contributed by atoms with van der Waals surface area (Å²) in [6.07, 6.45) is 1.24. The van der Waals surface area contributed by atoms with Crippen LogP contribution >= 0.6 is 0 Å². The molecule has 0 fully saturated rings. The lowest BCUT2D eigenvalue weighted by atomic mass is 9.74. The Kier molecular flexibility index (Phi) is 8.02. The molecule has 2 amide bonds. The van der Waals surface area contributed by atoms with Crippen LogP contribution in [0.3, 0.4) is 0 Å². The number of carbonyl (C=O) groups is 2. The van der Waals surface area contributed by atoms with Crippen molar-refractivity contribution in [2.75, 3.05) is 27.3 Å². The SMILES string of the molecule is CNC(=O)CCC(CCO)(CNC(=O)c1ccccc1OC)c1ccccc1. The van der Waals surface area contributed by atoms with Crippen LogP contribution in [0.25, 0.3) is 0 Å². The van der Waals surface area contributed by atoms with E-state index in [0.29, 0.717) is 37.1 Å². The molecular formula is C22H28N2O4. The van der Waals surface area contributed by atoms with Gasteiger partial charge < -0.3 is 20.5 Å². The first kappa shape index (κ1) is 21.4. The molecule has 1 atom stereocenters. The monoisotopic (exact) mass is 384 g/mol. The van der Waals surface area contributed by atoms with E-state index >= 15 is 0 Å². The predicted molar refractivity (Wildman–Crippen MR) is 108 cm³/mol. The third-order valence-corrected chi connectivity index (χ3v) is 5.02. The van der Waals surface area contributed by atoms with E-state index in [9.17, 15) is 14.7 Å². The fraction of sp³-hybridized carbons (Fsp3) is 0.364. The third-order valence-electron chi connectivity index (χ3n) is 5.02. The quantitative estimate of drug-likeness (QED) is 0.586. The first-order valence-electron chi connectivity index (χ1n) is 9.34. The molecule has 0 bridgehead atoms. The molecule has 150 valence electrons. The Morgan fingerprint density at radius 2 is 1.71 bits per heavy atom. The van der Waals surface area contributed by atoms with Crippen molar-refractivity contribution in [3.05, 3.63) is 65.7 Å². The number of rotatable bonds is 10. The molecule has 6 heteroatoms. The number of nitrogens with one attached hydrogen (secondary N) is 2. The Morgan fingerprint density at radius 1 is 1.04 bits per heavy atom. The van der Waals surface area contributed by atoms with Crippen LogP contribution < -0.4 is 15.4 Å². The number of benzene rings is 2. The topological polar surface area (TPSA) is 87.7 Å². The van der Waals surface area contributed by atoms with Crippen molar-refractivity contribution in [3.63, 3.8) is 0 Å². The standard InChI is InChI=1S/C22H28N2O4/c1-23-20(26)12-13-22(14-15-25,17-8-4-3-5-9-17)16-24-21(27)18-10-6-7-11-19(18)28-2/h3-11,25H,12-16H2,1-2H3,(H,23,26)(H,24,27). The van der Waals surface area contributed by atoms with E-state index in [1.807, 2.05) is 30.3 Å². The van der Waals surface area contributed by atoms with Crippen LogP contribution in [0.1, 0.15) is 35.2 Å². The highest BCUT2D eigenvalue weighted by Crippen LogP contribution is 2.33. The van der Waals surface area contributed by atoms with Crippen molar-refractivity contribution in [2.24, 2.45) is 0 Å². The van der Waals surface area contributed by atoms with Gasteiger partial charge in [-0.3, -0.25) is 9.59 Å². The maximum Gasteiger partial charge on any atom is 0.255 e. The lowest BCUT2D eigenvalue weighted by Crippen LogP contribution is -2.42. The highest BCUT2D eigenvalue weighted by atomic mass is 16.5. The molecule has 0 radical (unpaired) electrons. The summed E-state index contributed by atoms with van der Waals surface area (Å²) in [5.74, 6) is 0.169. The van der Waals surface area contributed by atoms with Crippen LogP contribution in [0.5, 0.6) is 5.75 Å². The van der Waals surface area contributed by atoms with Gasteiger partial charge in [0, 0.05) is 32.0 Å². The minimum atomic E-state index is -0.555. The Hall–Kier alpha value is -2.86. The van der Waals surface area contributed by atoms with Gasteiger partial charge in [0.1, 0.15) is 5.75 Å². The molecule has 0 aliphatic carbocycles. The predicted octanol–water partition coefficient (Wildman–Crippen LogP) is 2.27. The van der Waals surface area contributed by atoms with Crippen molar-refractivity contribution in [1.82, 2.24) is 10.6 Å². The normalized spacial score (nSPS) is 12.7. The number of carbonyl (C=O) groups excluding carboxylic acids is 2. The van der Waals surface area contributed by atoms with Gasteiger partial charge in [0.2, 0.25) is 5.91 Å². The summed E-state index contributed by atoms with van der Waals surface area (Å²) >= 11 is 0. The van der Waals surface area contributed by atoms with E-state index in [1.165, 1.54) is 7.11 Å². The Morgan fingerprint density at radius 3 is 2.36 bits per heavy atom. The summed E-state index contributed by atoms with van der Waals surface area (Å²) in [7, 11) is 3.12. The van der Waals surface area contributed by atoms with Crippen molar-refractivity contribution >= 4 is 11.8 Å². The zero-order valence-corrected chi connectivity index (χ0v) is 16.4. The minimum absolute atomic E-state index is 0.0484. The molecule has 2 rings (SSSR count). The average Bonchev–Trinajstić information content (AvgIpc) is 2.75. The summed E-state index contributed by atoms with van der Waals surface area (Å²) in [5, 5.41) is 15.3. The van der Waals surface area contributed by atoms with Crippen LogP contribution in [-0.4, -0.2) is 44.2 Å². The lowest BCUT2D eigenvalue weighted by molar-refractivity contribution is -0.121. The van der Waals surface area contributed by atoms with Gasteiger partial charge in [-0.1, -0.05) is 42.5 Å². The number of amides is 2. The van der Waals surface area contributed by atoms with Gasteiger partial charge >= 0.3 is 0 Å². The molecule has 3 N–H and O–H groups in total. The van der Waals surface area contributed by atoms with Crippen LogP contribution in [0.4, 0.5) is 0 Å². The Labute approximate surface area is 165 Å². The maximum atomic E-state index is 12.8. The van der Waals surface area contributed by atoms with E-state index < -0.39 is 5.41 Å². The molecule has 0 aliphatic heterocycles. The Balaban J connectivity index is 2.27. The summed E-state index contributed by atoms with van der Waals surface area (Å²) in [6.45, 7) is 0.249. The number of ether oxygens (including phenoxy) is 1.